The lowest BCUT2D eigenvalue weighted by Crippen LogP contribution is -2.44. The second-order valence-corrected chi connectivity index (χ2v) is 7.43. The number of amides is 1. The van der Waals surface area contributed by atoms with E-state index >= 15 is 0 Å². The second-order valence-electron chi connectivity index (χ2n) is 6.45. The Hall–Kier alpha value is -1.41. The van der Waals surface area contributed by atoms with Gasteiger partial charge in [-0.05, 0) is 37.3 Å². The summed E-state index contributed by atoms with van der Waals surface area (Å²) in [5.41, 5.74) is 0. The van der Waals surface area contributed by atoms with Crippen LogP contribution in [0.15, 0.2) is 29.3 Å². The van der Waals surface area contributed by atoms with Crippen LogP contribution in [-0.2, 0) is 19.0 Å². The highest BCUT2D eigenvalue weighted by atomic mass is 32.1. The van der Waals surface area contributed by atoms with Gasteiger partial charge in [0.2, 0.25) is 6.29 Å². The minimum atomic E-state index is -0.483. The maximum Gasteiger partial charge on any atom is 0.288 e. The molecule has 6 nitrogen and oxygen atoms in total. The van der Waals surface area contributed by atoms with Crippen molar-refractivity contribution < 1.29 is 24.1 Å². The summed E-state index contributed by atoms with van der Waals surface area (Å²) in [6.07, 6.45) is 2.92. The zero-order valence-corrected chi connectivity index (χ0v) is 16.0. The van der Waals surface area contributed by atoms with E-state index in [1.807, 2.05) is 24.4 Å². The first-order valence-electron chi connectivity index (χ1n) is 9.26. The number of thiophene rings is 1. The first kappa shape index (κ1) is 19.4. The van der Waals surface area contributed by atoms with Gasteiger partial charge in [0.15, 0.2) is 5.76 Å². The van der Waals surface area contributed by atoms with Crippen LogP contribution in [0.25, 0.3) is 0 Å². The molecule has 2 aliphatic rings. The molecule has 0 radical (unpaired) electrons. The molecule has 1 fully saturated rings. The number of hydrogen-bond acceptors (Lipinski definition) is 6. The molecular weight excluding hydrogens is 354 g/mol. The number of allylic oxidation sites excluding steroid dienone is 1. The van der Waals surface area contributed by atoms with Crippen LogP contribution in [0, 0.1) is 5.92 Å². The third kappa shape index (κ3) is 4.46. The standard InChI is InChI=1S/C19H27NO5S/c1-2-24-19-14(5-3-9-21)15(17-6-4-12-26-17)13-16(25-19)18(22)20-7-10-23-11-8-20/h4,6,12-15,19,21H,2-3,5,7-11H2,1H3/t14-,15-,19+/m0/s1. The highest BCUT2D eigenvalue weighted by Gasteiger charge is 2.39. The van der Waals surface area contributed by atoms with Crippen LogP contribution in [0.4, 0.5) is 0 Å². The van der Waals surface area contributed by atoms with E-state index in [1.54, 1.807) is 16.2 Å². The normalized spacial score (nSPS) is 26.3. The first-order chi connectivity index (χ1) is 12.7. The average Bonchev–Trinajstić information content (AvgIpc) is 3.21. The summed E-state index contributed by atoms with van der Waals surface area (Å²) in [4.78, 5) is 15.9. The van der Waals surface area contributed by atoms with Gasteiger partial charge in [0, 0.05) is 43.0 Å². The van der Waals surface area contributed by atoms with E-state index in [0.717, 1.165) is 6.42 Å². The Morgan fingerprint density at radius 2 is 2.23 bits per heavy atom. The fraction of sp³-hybridized carbons (Fsp3) is 0.632. The molecule has 1 N–H and O–H groups in total. The smallest absolute Gasteiger partial charge is 0.288 e. The lowest BCUT2D eigenvalue weighted by Gasteiger charge is -2.38. The molecule has 0 unspecified atom stereocenters. The van der Waals surface area contributed by atoms with Gasteiger partial charge in [0.05, 0.1) is 13.2 Å². The zero-order valence-electron chi connectivity index (χ0n) is 15.1. The van der Waals surface area contributed by atoms with E-state index in [4.69, 9.17) is 14.2 Å². The van der Waals surface area contributed by atoms with E-state index in [1.165, 1.54) is 4.88 Å². The highest BCUT2D eigenvalue weighted by Crippen LogP contribution is 2.41. The van der Waals surface area contributed by atoms with Crippen molar-refractivity contribution in [3.63, 3.8) is 0 Å². The fourth-order valence-electron chi connectivity index (χ4n) is 3.49. The quantitative estimate of drug-likeness (QED) is 0.785. The minimum Gasteiger partial charge on any atom is -0.459 e. The first-order valence-corrected chi connectivity index (χ1v) is 10.1. The molecule has 0 saturated carbocycles. The molecule has 1 aromatic heterocycles. The Morgan fingerprint density at radius 1 is 1.42 bits per heavy atom. The average molecular weight is 381 g/mol. The van der Waals surface area contributed by atoms with Crippen molar-refractivity contribution in [3.8, 4) is 0 Å². The van der Waals surface area contributed by atoms with Crippen LogP contribution >= 0.6 is 11.3 Å². The molecule has 0 aliphatic carbocycles. The van der Waals surface area contributed by atoms with Crippen LogP contribution in [0.1, 0.15) is 30.6 Å². The number of hydrogen-bond donors (Lipinski definition) is 1. The summed E-state index contributed by atoms with van der Waals surface area (Å²) < 4.78 is 17.2. The molecule has 26 heavy (non-hydrogen) atoms. The van der Waals surface area contributed by atoms with Gasteiger partial charge < -0.3 is 24.2 Å². The molecule has 144 valence electrons. The summed E-state index contributed by atoms with van der Waals surface area (Å²) in [5.74, 6) is 0.387. The predicted octanol–water partition coefficient (Wildman–Crippen LogP) is 2.36. The Labute approximate surface area is 158 Å². The van der Waals surface area contributed by atoms with Gasteiger partial charge in [0.1, 0.15) is 0 Å². The maximum atomic E-state index is 12.9. The van der Waals surface area contributed by atoms with Crippen LogP contribution < -0.4 is 0 Å². The van der Waals surface area contributed by atoms with Crippen molar-refractivity contribution in [2.75, 3.05) is 39.5 Å². The number of morpholine rings is 1. The number of nitrogens with zero attached hydrogens (tertiary/aromatic N) is 1. The van der Waals surface area contributed by atoms with Gasteiger partial charge in [-0.15, -0.1) is 11.3 Å². The molecule has 3 heterocycles. The lowest BCUT2D eigenvalue weighted by atomic mass is 9.84. The molecule has 3 atom stereocenters. The van der Waals surface area contributed by atoms with Crippen molar-refractivity contribution in [1.82, 2.24) is 4.90 Å². The third-order valence-corrected chi connectivity index (χ3v) is 5.77. The number of carbonyl (C=O) groups is 1. The maximum absolute atomic E-state index is 12.9. The highest BCUT2D eigenvalue weighted by molar-refractivity contribution is 7.10. The van der Waals surface area contributed by atoms with Gasteiger partial charge in [-0.1, -0.05) is 6.07 Å². The van der Waals surface area contributed by atoms with Gasteiger partial charge in [-0.25, -0.2) is 0 Å². The largest absolute Gasteiger partial charge is 0.459 e. The molecule has 3 rings (SSSR count). The number of ether oxygens (including phenoxy) is 3. The summed E-state index contributed by atoms with van der Waals surface area (Å²) >= 11 is 1.67. The minimum absolute atomic E-state index is 0.0480. The van der Waals surface area contributed by atoms with Crippen molar-refractivity contribution in [3.05, 3.63) is 34.2 Å². The molecule has 1 saturated heterocycles. The lowest BCUT2D eigenvalue weighted by molar-refractivity contribution is -0.171. The van der Waals surface area contributed by atoms with Crippen LogP contribution in [0.5, 0.6) is 0 Å². The van der Waals surface area contributed by atoms with Crippen molar-refractivity contribution in [1.29, 1.82) is 0 Å². The van der Waals surface area contributed by atoms with Crippen LogP contribution in [-0.4, -0.2) is 61.7 Å². The second kappa shape index (κ2) is 9.50. The van der Waals surface area contributed by atoms with Crippen LogP contribution in [0.2, 0.25) is 0 Å². The van der Waals surface area contributed by atoms with E-state index in [9.17, 15) is 9.90 Å². The number of rotatable bonds is 7. The van der Waals surface area contributed by atoms with Gasteiger partial charge in [0.25, 0.3) is 5.91 Å². The van der Waals surface area contributed by atoms with Gasteiger partial charge in [-0.3, -0.25) is 4.79 Å². The van der Waals surface area contributed by atoms with Gasteiger partial charge >= 0.3 is 0 Å². The summed E-state index contributed by atoms with van der Waals surface area (Å²) in [5, 5.41) is 11.3. The molecule has 7 heteroatoms. The molecular formula is C19H27NO5S. The fourth-order valence-corrected chi connectivity index (χ4v) is 4.36. The predicted molar refractivity (Wildman–Crippen MR) is 98.9 cm³/mol. The van der Waals surface area contributed by atoms with Crippen molar-refractivity contribution in [2.45, 2.75) is 32.0 Å². The molecule has 1 aromatic rings. The Kier molecular flexibility index (Phi) is 7.07. The van der Waals surface area contributed by atoms with Crippen molar-refractivity contribution >= 4 is 17.2 Å². The number of aliphatic hydroxyl groups is 1. The van der Waals surface area contributed by atoms with Crippen molar-refractivity contribution in [2.24, 2.45) is 5.92 Å². The Bertz CT molecular complexity index is 597. The Morgan fingerprint density at radius 3 is 2.88 bits per heavy atom. The van der Waals surface area contributed by atoms with E-state index < -0.39 is 6.29 Å². The molecule has 2 aliphatic heterocycles. The Balaban J connectivity index is 1.87. The van der Waals surface area contributed by atoms with E-state index in [-0.39, 0.29) is 24.3 Å². The number of carbonyl (C=O) groups excluding carboxylic acids is 1. The van der Waals surface area contributed by atoms with Crippen LogP contribution in [0.3, 0.4) is 0 Å². The molecule has 1 amide bonds. The summed E-state index contributed by atoms with van der Waals surface area (Å²) in [6, 6.07) is 4.11. The SMILES string of the molecule is CCO[C@@H]1OC(C(=O)N2CCOCC2)=C[C@H](c2cccs2)[C@@H]1CCCO. The summed E-state index contributed by atoms with van der Waals surface area (Å²) in [7, 11) is 0. The third-order valence-electron chi connectivity index (χ3n) is 4.79. The number of aliphatic hydroxyl groups excluding tert-OH is 1. The molecule has 0 bridgehead atoms. The van der Waals surface area contributed by atoms with E-state index in [0.29, 0.717) is 45.1 Å². The zero-order chi connectivity index (χ0) is 18.4. The van der Waals surface area contributed by atoms with Gasteiger partial charge in [-0.2, -0.15) is 0 Å². The molecule has 0 aromatic carbocycles. The topological polar surface area (TPSA) is 68.2 Å². The summed E-state index contributed by atoms with van der Waals surface area (Å²) in [6.45, 7) is 4.84. The van der Waals surface area contributed by atoms with E-state index in [2.05, 4.69) is 6.07 Å². The molecule has 0 spiro atoms. The monoisotopic (exact) mass is 381 g/mol.